The molecule has 100 valence electrons. The first-order chi connectivity index (χ1) is 9.43. The summed E-state index contributed by atoms with van der Waals surface area (Å²) >= 11 is 0. The van der Waals surface area contributed by atoms with E-state index >= 15 is 0 Å². The molecule has 0 unspecified atom stereocenters. The fourth-order valence-corrected chi connectivity index (χ4v) is 2.16. The molecule has 0 aliphatic heterocycles. The predicted molar refractivity (Wildman–Crippen MR) is 76.5 cm³/mol. The molecule has 20 heavy (non-hydrogen) atoms. The molecule has 0 atom stereocenters. The molecule has 0 radical (unpaired) electrons. The summed E-state index contributed by atoms with van der Waals surface area (Å²) in [6, 6.07) is 8.60. The van der Waals surface area contributed by atoms with Gasteiger partial charge in [-0.1, -0.05) is 23.8 Å². The zero-order valence-corrected chi connectivity index (χ0v) is 11.1. The number of rotatable bonds is 2. The normalized spacial score (nSPS) is 10.2. The summed E-state index contributed by atoms with van der Waals surface area (Å²) in [6.07, 6.45) is 0. The molecule has 0 aliphatic rings. The van der Waals surface area contributed by atoms with Crippen molar-refractivity contribution in [3.63, 3.8) is 0 Å². The second-order valence-corrected chi connectivity index (χ2v) is 4.63. The number of benzene rings is 1. The maximum Gasteiger partial charge on any atom is 0.488 e. The Hall–Kier alpha value is -2.36. The van der Waals surface area contributed by atoms with Crippen LogP contribution in [-0.2, 0) is 0 Å². The summed E-state index contributed by atoms with van der Waals surface area (Å²) in [7, 11) is -1.54. The van der Waals surface area contributed by atoms with E-state index in [0.29, 0.717) is 27.8 Å². The van der Waals surface area contributed by atoms with Gasteiger partial charge >= 0.3 is 7.12 Å². The number of aromatic amines is 1. The SMILES string of the molecule is Cc1cc(-c2ccc(B(O)O)c(C)c2)c(C#N)c(=O)[nH]1. The fourth-order valence-electron chi connectivity index (χ4n) is 2.16. The van der Waals surface area contributed by atoms with Crippen LogP contribution in [0.3, 0.4) is 0 Å². The molecular formula is C14H13BN2O3. The minimum absolute atomic E-state index is 0.0484. The van der Waals surface area contributed by atoms with Gasteiger partial charge in [0.25, 0.3) is 5.56 Å². The van der Waals surface area contributed by atoms with Gasteiger partial charge in [0.1, 0.15) is 11.6 Å². The Labute approximate surface area is 116 Å². The van der Waals surface area contributed by atoms with Gasteiger partial charge in [0.2, 0.25) is 0 Å². The number of nitrogens with zero attached hydrogens (tertiary/aromatic N) is 1. The summed E-state index contributed by atoms with van der Waals surface area (Å²) in [4.78, 5) is 14.4. The highest BCUT2D eigenvalue weighted by Crippen LogP contribution is 2.22. The van der Waals surface area contributed by atoms with E-state index in [4.69, 9.17) is 5.26 Å². The van der Waals surface area contributed by atoms with Gasteiger partial charge in [-0.15, -0.1) is 0 Å². The maximum absolute atomic E-state index is 11.8. The highest BCUT2D eigenvalue weighted by Gasteiger charge is 2.16. The number of pyridine rings is 1. The molecule has 0 saturated carbocycles. The van der Waals surface area contributed by atoms with Crippen molar-refractivity contribution in [1.29, 1.82) is 5.26 Å². The second-order valence-electron chi connectivity index (χ2n) is 4.63. The minimum atomic E-state index is -1.54. The Kier molecular flexibility index (Phi) is 3.75. The molecule has 0 saturated heterocycles. The monoisotopic (exact) mass is 268 g/mol. The zero-order chi connectivity index (χ0) is 14.9. The van der Waals surface area contributed by atoms with Crippen molar-refractivity contribution < 1.29 is 10.0 Å². The Morgan fingerprint density at radius 3 is 2.50 bits per heavy atom. The van der Waals surface area contributed by atoms with E-state index in [2.05, 4.69) is 4.98 Å². The van der Waals surface area contributed by atoms with E-state index in [1.807, 2.05) is 6.07 Å². The van der Waals surface area contributed by atoms with Crippen LogP contribution in [0.5, 0.6) is 0 Å². The molecule has 0 amide bonds. The lowest BCUT2D eigenvalue weighted by atomic mass is 9.76. The van der Waals surface area contributed by atoms with Gasteiger partial charge in [0.15, 0.2) is 0 Å². The summed E-state index contributed by atoms with van der Waals surface area (Å²) in [5.41, 5.74) is 2.59. The highest BCUT2D eigenvalue weighted by molar-refractivity contribution is 6.59. The Morgan fingerprint density at radius 1 is 1.25 bits per heavy atom. The summed E-state index contributed by atoms with van der Waals surface area (Å²) < 4.78 is 0. The molecule has 1 aromatic heterocycles. The summed E-state index contributed by atoms with van der Waals surface area (Å²) in [6.45, 7) is 3.48. The maximum atomic E-state index is 11.8. The molecule has 0 fully saturated rings. The van der Waals surface area contributed by atoms with Crippen LogP contribution in [0.1, 0.15) is 16.8 Å². The van der Waals surface area contributed by atoms with E-state index in [0.717, 1.165) is 0 Å². The van der Waals surface area contributed by atoms with Crippen LogP contribution < -0.4 is 11.0 Å². The molecule has 3 N–H and O–H groups in total. The molecule has 0 bridgehead atoms. The third kappa shape index (κ3) is 2.50. The number of nitriles is 1. The van der Waals surface area contributed by atoms with Gasteiger partial charge in [-0.05, 0) is 30.9 Å². The van der Waals surface area contributed by atoms with Crippen molar-refractivity contribution in [1.82, 2.24) is 4.98 Å². The van der Waals surface area contributed by atoms with Crippen LogP contribution in [0.15, 0.2) is 29.1 Å². The third-order valence-electron chi connectivity index (χ3n) is 3.14. The van der Waals surface area contributed by atoms with Gasteiger partial charge in [0, 0.05) is 11.3 Å². The van der Waals surface area contributed by atoms with Crippen LogP contribution in [0.25, 0.3) is 11.1 Å². The summed E-state index contributed by atoms with van der Waals surface area (Å²) in [5.74, 6) is 0. The predicted octanol–water partition coefficient (Wildman–Crippen LogP) is 0.210. The molecule has 0 spiro atoms. The van der Waals surface area contributed by atoms with E-state index in [9.17, 15) is 14.8 Å². The van der Waals surface area contributed by atoms with Gasteiger partial charge in [0.05, 0.1) is 0 Å². The largest absolute Gasteiger partial charge is 0.488 e. The first-order valence-corrected chi connectivity index (χ1v) is 6.05. The van der Waals surface area contributed by atoms with Crippen molar-refractivity contribution in [2.75, 3.05) is 0 Å². The smallest absolute Gasteiger partial charge is 0.423 e. The van der Waals surface area contributed by atoms with Crippen molar-refractivity contribution in [3.8, 4) is 17.2 Å². The fraction of sp³-hybridized carbons (Fsp3) is 0.143. The number of H-pyrrole nitrogens is 1. The van der Waals surface area contributed by atoms with Crippen LogP contribution in [0, 0.1) is 25.2 Å². The minimum Gasteiger partial charge on any atom is -0.423 e. The first kappa shape index (κ1) is 14.1. The van der Waals surface area contributed by atoms with Gasteiger partial charge in [-0.2, -0.15) is 5.26 Å². The first-order valence-electron chi connectivity index (χ1n) is 6.05. The molecule has 5 nitrogen and oxygen atoms in total. The molecule has 0 aliphatic carbocycles. The molecular weight excluding hydrogens is 255 g/mol. The van der Waals surface area contributed by atoms with Crippen LogP contribution >= 0.6 is 0 Å². The number of hydrogen-bond donors (Lipinski definition) is 3. The average Bonchev–Trinajstić information content (AvgIpc) is 2.37. The Morgan fingerprint density at radius 2 is 1.95 bits per heavy atom. The highest BCUT2D eigenvalue weighted by atomic mass is 16.4. The van der Waals surface area contributed by atoms with Crippen molar-refractivity contribution in [2.24, 2.45) is 0 Å². The van der Waals surface area contributed by atoms with Gasteiger partial charge in [-0.25, -0.2) is 0 Å². The Balaban J connectivity index is 2.67. The van der Waals surface area contributed by atoms with Gasteiger partial charge < -0.3 is 15.0 Å². The number of aromatic nitrogens is 1. The van der Waals surface area contributed by atoms with Crippen LogP contribution in [-0.4, -0.2) is 22.2 Å². The number of hydrogen-bond acceptors (Lipinski definition) is 4. The van der Waals surface area contributed by atoms with E-state index in [-0.39, 0.29) is 5.56 Å². The van der Waals surface area contributed by atoms with Gasteiger partial charge in [-0.3, -0.25) is 4.79 Å². The Bertz CT molecular complexity index is 760. The standard InChI is InChI=1S/C14H13BN2O3/c1-8-5-10(3-4-13(8)15(19)20)11-6-9(2)17-14(18)12(11)7-16/h3-6,19-20H,1-2H3,(H,17,18). The lowest BCUT2D eigenvalue weighted by Crippen LogP contribution is -2.31. The quantitative estimate of drug-likeness (QED) is 0.678. The molecule has 2 aromatic rings. The van der Waals surface area contributed by atoms with E-state index < -0.39 is 12.7 Å². The topological polar surface area (TPSA) is 97.1 Å². The lowest BCUT2D eigenvalue weighted by molar-refractivity contribution is 0.425. The van der Waals surface area contributed by atoms with Crippen molar-refractivity contribution >= 4 is 12.6 Å². The number of nitrogens with one attached hydrogen (secondary N) is 1. The van der Waals surface area contributed by atoms with Crippen molar-refractivity contribution in [2.45, 2.75) is 13.8 Å². The summed E-state index contributed by atoms with van der Waals surface area (Å²) in [5, 5.41) is 27.5. The molecule has 1 aromatic carbocycles. The third-order valence-corrected chi connectivity index (χ3v) is 3.14. The lowest BCUT2D eigenvalue weighted by Gasteiger charge is -2.09. The van der Waals surface area contributed by atoms with Crippen LogP contribution in [0.2, 0.25) is 0 Å². The average molecular weight is 268 g/mol. The number of aryl methyl sites for hydroxylation is 2. The molecule has 6 heteroatoms. The second kappa shape index (κ2) is 5.33. The van der Waals surface area contributed by atoms with Crippen LogP contribution in [0.4, 0.5) is 0 Å². The molecule has 1 heterocycles. The zero-order valence-electron chi connectivity index (χ0n) is 11.1. The van der Waals surface area contributed by atoms with Crippen molar-refractivity contribution in [3.05, 3.63) is 51.4 Å². The van der Waals surface area contributed by atoms with E-state index in [1.165, 1.54) is 0 Å². The molecule has 2 rings (SSSR count). The van der Waals surface area contributed by atoms with E-state index in [1.54, 1.807) is 38.1 Å².